The fraction of sp³-hybridized carbons (Fsp3) is 0.217. The van der Waals surface area contributed by atoms with Gasteiger partial charge in [-0.25, -0.2) is 0 Å². The number of thiophene rings is 2. The first kappa shape index (κ1) is 20.9. The molecule has 0 bridgehead atoms. The molecule has 3 aromatic heterocycles. The minimum Gasteiger partial charge on any atom is -0.316 e. The molecule has 4 aromatic rings. The Morgan fingerprint density at radius 1 is 1.19 bits per heavy atom. The summed E-state index contributed by atoms with van der Waals surface area (Å²) in [6.07, 6.45) is 3.68. The summed E-state index contributed by atoms with van der Waals surface area (Å²) in [5, 5.41) is 24.7. The third-order valence-corrected chi connectivity index (χ3v) is 8.26. The Balaban J connectivity index is 1.34. The molecule has 0 spiro atoms. The van der Waals surface area contributed by atoms with Gasteiger partial charge in [-0.1, -0.05) is 36.0 Å². The van der Waals surface area contributed by atoms with Crippen molar-refractivity contribution in [3.63, 3.8) is 0 Å². The zero-order chi connectivity index (χ0) is 21.9. The van der Waals surface area contributed by atoms with Gasteiger partial charge in [0.2, 0.25) is 5.91 Å². The molecule has 0 fully saturated rings. The van der Waals surface area contributed by atoms with Crippen LogP contribution in [0.5, 0.6) is 0 Å². The average molecular weight is 478 g/mol. The van der Waals surface area contributed by atoms with E-state index >= 15 is 0 Å². The summed E-state index contributed by atoms with van der Waals surface area (Å²) in [6, 6.07) is 16.3. The van der Waals surface area contributed by atoms with Gasteiger partial charge >= 0.3 is 0 Å². The van der Waals surface area contributed by atoms with Gasteiger partial charge in [-0.2, -0.15) is 5.26 Å². The lowest BCUT2D eigenvalue weighted by molar-refractivity contribution is -0.113. The maximum atomic E-state index is 12.7. The van der Waals surface area contributed by atoms with Gasteiger partial charge in [0.05, 0.1) is 11.3 Å². The number of carbonyl (C=O) groups is 1. The number of aryl methyl sites for hydroxylation is 1. The number of rotatable bonds is 7. The van der Waals surface area contributed by atoms with Gasteiger partial charge < -0.3 is 5.32 Å². The Morgan fingerprint density at radius 2 is 2.06 bits per heavy atom. The smallest absolute Gasteiger partial charge is 0.235 e. The van der Waals surface area contributed by atoms with Crippen LogP contribution in [-0.4, -0.2) is 26.4 Å². The minimum atomic E-state index is -0.145. The van der Waals surface area contributed by atoms with Crippen LogP contribution >= 0.6 is 34.4 Å². The molecule has 1 N–H and O–H groups in total. The van der Waals surface area contributed by atoms with Gasteiger partial charge in [0, 0.05) is 21.9 Å². The molecule has 0 aliphatic heterocycles. The number of nitrogens with one attached hydrogen (secondary N) is 1. The molecule has 1 amide bonds. The summed E-state index contributed by atoms with van der Waals surface area (Å²) < 4.78 is 2.01. The van der Waals surface area contributed by atoms with Crippen molar-refractivity contribution in [2.45, 2.75) is 30.8 Å². The monoisotopic (exact) mass is 477 g/mol. The van der Waals surface area contributed by atoms with Crippen molar-refractivity contribution in [3.8, 4) is 11.8 Å². The molecule has 5 rings (SSSR count). The van der Waals surface area contributed by atoms with Crippen molar-refractivity contribution in [3.05, 3.63) is 74.6 Å². The quantitative estimate of drug-likeness (QED) is 0.376. The number of hydrogen-bond donors (Lipinski definition) is 1. The van der Waals surface area contributed by atoms with E-state index in [0.717, 1.165) is 36.3 Å². The van der Waals surface area contributed by atoms with Crippen molar-refractivity contribution < 1.29 is 4.79 Å². The molecule has 6 nitrogen and oxygen atoms in total. The number of aromatic nitrogens is 3. The zero-order valence-corrected chi connectivity index (χ0v) is 19.5. The number of benzene rings is 1. The highest BCUT2D eigenvalue weighted by Gasteiger charge is 2.23. The maximum Gasteiger partial charge on any atom is 0.235 e. The highest BCUT2D eigenvalue weighted by molar-refractivity contribution is 7.99. The summed E-state index contributed by atoms with van der Waals surface area (Å²) in [4.78, 5) is 15.1. The molecule has 0 unspecified atom stereocenters. The first-order valence-corrected chi connectivity index (χ1v) is 12.9. The van der Waals surface area contributed by atoms with Gasteiger partial charge in [-0.05, 0) is 48.4 Å². The summed E-state index contributed by atoms with van der Waals surface area (Å²) in [6.45, 7) is 0. The van der Waals surface area contributed by atoms with E-state index < -0.39 is 0 Å². The first-order valence-electron chi connectivity index (χ1n) is 10.2. The van der Waals surface area contributed by atoms with E-state index in [2.05, 4.69) is 33.0 Å². The number of nitriles is 1. The third-order valence-electron chi connectivity index (χ3n) is 5.25. The van der Waals surface area contributed by atoms with Gasteiger partial charge in [-0.3, -0.25) is 9.36 Å². The predicted molar refractivity (Wildman–Crippen MR) is 129 cm³/mol. The van der Waals surface area contributed by atoms with Gasteiger partial charge in [0.1, 0.15) is 16.9 Å². The number of fused-ring (bicyclic) bond motifs is 1. The van der Waals surface area contributed by atoms with E-state index in [-0.39, 0.29) is 11.7 Å². The van der Waals surface area contributed by atoms with Crippen LogP contribution in [-0.2, 0) is 24.1 Å². The van der Waals surface area contributed by atoms with Gasteiger partial charge in [-0.15, -0.1) is 32.9 Å². The number of anilines is 1. The number of hydrogen-bond acceptors (Lipinski definition) is 7. The number of nitrogens with zero attached hydrogens (tertiary/aromatic N) is 4. The second-order valence-corrected chi connectivity index (χ2v) is 10.4. The molecular weight excluding hydrogens is 458 g/mol. The second-order valence-electron chi connectivity index (χ2n) is 7.34. The summed E-state index contributed by atoms with van der Waals surface area (Å²) in [5.74, 6) is 0.883. The number of carbonyl (C=O) groups excluding carboxylic acids is 1. The highest BCUT2D eigenvalue weighted by atomic mass is 32.2. The van der Waals surface area contributed by atoms with E-state index in [1.165, 1.54) is 32.9 Å². The van der Waals surface area contributed by atoms with Crippen LogP contribution in [0.15, 0.2) is 53.0 Å². The number of thioether (sulfide) groups is 1. The molecule has 9 heteroatoms. The van der Waals surface area contributed by atoms with Crippen molar-refractivity contribution in [1.82, 2.24) is 14.8 Å². The fourth-order valence-electron chi connectivity index (χ4n) is 3.82. The van der Waals surface area contributed by atoms with Gasteiger partial charge in [0.15, 0.2) is 5.16 Å². The van der Waals surface area contributed by atoms with E-state index in [9.17, 15) is 10.1 Å². The molecule has 0 radical (unpaired) electrons. The Kier molecular flexibility index (Phi) is 6.08. The summed E-state index contributed by atoms with van der Waals surface area (Å²) in [5.41, 5.74) is 2.71. The lowest BCUT2D eigenvalue weighted by Gasteiger charge is -2.10. The molecule has 1 aliphatic rings. The van der Waals surface area contributed by atoms with Crippen molar-refractivity contribution in [1.29, 1.82) is 5.26 Å². The SMILES string of the molecule is N#Cc1c(NC(=O)CSc2nnc(Cc3cccs3)n2-c2ccccc2)sc2c1CCC2. The largest absolute Gasteiger partial charge is 0.316 e. The standard InChI is InChI=1S/C23H19N5OS3/c24-13-18-17-9-4-10-19(17)32-22(18)25-21(29)14-31-23-27-26-20(12-16-8-5-11-30-16)28(23)15-6-2-1-3-7-15/h1-3,5-8,11H,4,9-10,12,14H2,(H,25,29). The zero-order valence-electron chi connectivity index (χ0n) is 17.1. The van der Waals surface area contributed by atoms with Crippen LogP contribution in [0.3, 0.4) is 0 Å². The summed E-state index contributed by atoms with van der Waals surface area (Å²) >= 11 is 4.57. The molecule has 160 valence electrons. The van der Waals surface area contributed by atoms with E-state index in [1.54, 1.807) is 11.3 Å². The average Bonchev–Trinajstić information content (AvgIpc) is 3.58. The Labute approximate surface area is 197 Å². The Morgan fingerprint density at radius 3 is 2.84 bits per heavy atom. The number of para-hydroxylation sites is 1. The van der Waals surface area contributed by atoms with Crippen LogP contribution in [0.4, 0.5) is 5.00 Å². The molecule has 0 saturated carbocycles. The molecule has 0 saturated heterocycles. The van der Waals surface area contributed by atoms with Crippen LogP contribution < -0.4 is 5.32 Å². The third kappa shape index (κ3) is 4.21. The summed E-state index contributed by atoms with van der Waals surface area (Å²) in [7, 11) is 0. The highest BCUT2D eigenvalue weighted by Crippen LogP contribution is 2.38. The van der Waals surface area contributed by atoms with E-state index in [0.29, 0.717) is 22.1 Å². The molecular formula is C23H19N5OS3. The Hall–Kier alpha value is -2.93. The van der Waals surface area contributed by atoms with Crippen LogP contribution in [0, 0.1) is 11.3 Å². The minimum absolute atomic E-state index is 0.145. The second kappa shape index (κ2) is 9.28. The predicted octanol–water partition coefficient (Wildman–Crippen LogP) is 5.07. The topological polar surface area (TPSA) is 83.6 Å². The molecule has 1 aliphatic carbocycles. The van der Waals surface area contributed by atoms with Crippen LogP contribution in [0.2, 0.25) is 0 Å². The van der Waals surface area contributed by atoms with Crippen molar-refractivity contribution in [2.75, 3.05) is 11.1 Å². The van der Waals surface area contributed by atoms with Crippen LogP contribution in [0.1, 0.15) is 33.1 Å². The van der Waals surface area contributed by atoms with E-state index in [4.69, 9.17) is 0 Å². The van der Waals surface area contributed by atoms with Gasteiger partial charge in [0.25, 0.3) is 0 Å². The fourth-order valence-corrected chi connectivity index (χ4v) is 6.55. The molecule has 0 atom stereocenters. The maximum absolute atomic E-state index is 12.7. The normalized spacial score (nSPS) is 12.5. The molecule has 1 aromatic carbocycles. The van der Waals surface area contributed by atoms with E-state index in [1.807, 2.05) is 41.0 Å². The number of amides is 1. The lowest BCUT2D eigenvalue weighted by Crippen LogP contribution is -2.14. The first-order chi connectivity index (χ1) is 15.7. The molecule has 32 heavy (non-hydrogen) atoms. The van der Waals surface area contributed by atoms with Crippen molar-refractivity contribution in [2.24, 2.45) is 0 Å². The van der Waals surface area contributed by atoms with Crippen LogP contribution in [0.25, 0.3) is 5.69 Å². The Bertz CT molecular complexity index is 1290. The lowest BCUT2D eigenvalue weighted by atomic mass is 10.1. The van der Waals surface area contributed by atoms with Crippen molar-refractivity contribution >= 4 is 45.3 Å². The molecule has 3 heterocycles.